The van der Waals surface area contributed by atoms with Gasteiger partial charge in [-0.2, -0.15) is 0 Å². The van der Waals surface area contributed by atoms with E-state index >= 15 is 0 Å². The average molecular weight is 264 g/mol. The van der Waals surface area contributed by atoms with E-state index in [1.165, 1.54) is 11.1 Å². The first-order chi connectivity index (χ1) is 9.65. The highest BCUT2D eigenvalue weighted by Gasteiger charge is 2.23. The smallest absolute Gasteiger partial charge is 0.257 e. The lowest BCUT2D eigenvalue weighted by atomic mass is 10.1. The largest absolute Gasteiger partial charge is 0.361 e. The summed E-state index contributed by atoms with van der Waals surface area (Å²) in [5.41, 5.74) is 5.94. The predicted octanol–water partition coefficient (Wildman–Crippen LogP) is 3.71. The molecule has 3 nitrogen and oxygen atoms in total. The Kier molecular flexibility index (Phi) is 3.03. The van der Waals surface area contributed by atoms with Gasteiger partial charge >= 0.3 is 0 Å². The van der Waals surface area contributed by atoms with Crippen molar-refractivity contribution in [3.05, 3.63) is 65.4 Å². The number of aryl methyl sites for hydroxylation is 2. The van der Waals surface area contributed by atoms with Crippen LogP contribution in [0.1, 0.15) is 16.7 Å². The highest BCUT2D eigenvalue weighted by Crippen LogP contribution is 2.31. The number of nitrogens with one attached hydrogen (secondary N) is 2. The maximum absolute atomic E-state index is 12.0. The maximum atomic E-state index is 12.0. The van der Waals surface area contributed by atoms with E-state index < -0.39 is 0 Å². The summed E-state index contributed by atoms with van der Waals surface area (Å²) in [4.78, 5) is 12.0. The van der Waals surface area contributed by atoms with Crippen LogP contribution in [0.25, 0.3) is 5.57 Å². The third-order valence-corrected chi connectivity index (χ3v) is 3.60. The molecule has 0 saturated carbocycles. The zero-order valence-electron chi connectivity index (χ0n) is 11.5. The third kappa shape index (κ3) is 2.18. The van der Waals surface area contributed by atoms with Crippen molar-refractivity contribution in [2.75, 3.05) is 10.6 Å². The molecular weight excluding hydrogens is 248 g/mol. The Labute approximate surface area is 118 Å². The minimum atomic E-state index is -0.0671. The van der Waals surface area contributed by atoms with Crippen molar-refractivity contribution in [1.29, 1.82) is 0 Å². The minimum absolute atomic E-state index is 0.0671. The molecule has 20 heavy (non-hydrogen) atoms. The molecule has 0 radical (unpaired) electrons. The van der Waals surface area contributed by atoms with Gasteiger partial charge in [-0.25, -0.2) is 0 Å². The lowest BCUT2D eigenvalue weighted by molar-refractivity contribution is -0.110. The van der Waals surface area contributed by atoms with Gasteiger partial charge in [0.05, 0.1) is 5.57 Å². The van der Waals surface area contributed by atoms with E-state index in [0.29, 0.717) is 5.57 Å². The van der Waals surface area contributed by atoms with Gasteiger partial charge < -0.3 is 10.6 Å². The van der Waals surface area contributed by atoms with Crippen LogP contribution in [-0.4, -0.2) is 5.91 Å². The average Bonchev–Trinajstić information content (AvgIpc) is 2.76. The Morgan fingerprint density at radius 3 is 2.65 bits per heavy atom. The first kappa shape index (κ1) is 12.5. The lowest BCUT2D eigenvalue weighted by Crippen LogP contribution is -2.05. The molecule has 1 aliphatic rings. The zero-order chi connectivity index (χ0) is 14.1. The van der Waals surface area contributed by atoms with Crippen LogP contribution in [0, 0.1) is 13.8 Å². The van der Waals surface area contributed by atoms with Crippen LogP contribution in [0.5, 0.6) is 0 Å². The highest BCUT2D eigenvalue weighted by atomic mass is 16.2. The third-order valence-electron chi connectivity index (χ3n) is 3.60. The van der Waals surface area contributed by atoms with Crippen LogP contribution < -0.4 is 10.6 Å². The first-order valence-corrected chi connectivity index (χ1v) is 6.60. The molecule has 100 valence electrons. The van der Waals surface area contributed by atoms with E-state index in [9.17, 15) is 4.79 Å². The standard InChI is InChI=1S/C17H16N2O/c1-11-7-8-13(9-12(11)2)18-10-15-14-5-3-4-6-16(14)19-17(15)20/h3-10,18H,1-2H3,(H,19,20)/b15-10-. The van der Waals surface area contributed by atoms with Crippen molar-refractivity contribution >= 4 is 22.9 Å². The number of fused-ring (bicyclic) bond motifs is 1. The maximum Gasteiger partial charge on any atom is 0.257 e. The van der Waals surface area contributed by atoms with E-state index in [0.717, 1.165) is 16.9 Å². The molecule has 2 aromatic rings. The molecule has 3 rings (SSSR count). The number of carbonyl (C=O) groups excluding carboxylic acids is 1. The van der Waals surface area contributed by atoms with E-state index in [1.807, 2.05) is 30.3 Å². The molecular formula is C17H16N2O. The molecule has 0 aromatic heterocycles. The van der Waals surface area contributed by atoms with Gasteiger partial charge in [0.1, 0.15) is 0 Å². The van der Waals surface area contributed by atoms with E-state index in [2.05, 4.69) is 36.6 Å². The molecule has 3 heteroatoms. The number of rotatable bonds is 2. The molecule has 1 heterocycles. The first-order valence-electron chi connectivity index (χ1n) is 6.60. The number of para-hydroxylation sites is 1. The molecule has 0 atom stereocenters. The summed E-state index contributed by atoms with van der Waals surface area (Å²) in [6, 6.07) is 13.9. The monoisotopic (exact) mass is 264 g/mol. The van der Waals surface area contributed by atoms with Gasteiger partial charge in [0.15, 0.2) is 0 Å². The molecule has 0 unspecified atom stereocenters. The fourth-order valence-electron chi connectivity index (χ4n) is 2.27. The summed E-state index contributed by atoms with van der Waals surface area (Å²) < 4.78 is 0. The summed E-state index contributed by atoms with van der Waals surface area (Å²) in [7, 11) is 0. The van der Waals surface area contributed by atoms with E-state index in [1.54, 1.807) is 6.20 Å². The number of amides is 1. The molecule has 2 aromatic carbocycles. The summed E-state index contributed by atoms with van der Waals surface area (Å²) in [5.74, 6) is -0.0671. The second kappa shape index (κ2) is 4.85. The van der Waals surface area contributed by atoms with Gasteiger partial charge in [0.25, 0.3) is 5.91 Å². The van der Waals surface area contributed by atoms with Crippen molar-refractivity contribution in [3.63, 3.8) is 0 Å². The number of carbonyl (C=O) groups is 1. The lowest BCUT2D eigenvalue weighted by Gasteiger charge is -2.05. The van der Waals surface area contributed by atoms with Crippen molar-refractivity contribution in [1.82, 2.24) is 0 Å². The summed E-state index contributed by atoms with van der Waals surface area (Å²) in [6.45, 7) is 4.16. The van der Waals surface area contributed by atoms with Crippen molar-refractivity contribution in [3.8, 4) is 0 Å². The Hall–Kier alpha value is -2.55. The minimum Gasteiger partial charge on any atom is -0.361 e. The van der Waals surface area contributed by atoms with Crippen LogP contribution in [0.4, 0.5) is 11.4 Å². The summed E-state index contributed by atoms with van der Waals surface area (Å²) >= 11 is 0. The van der Waals surface area contributed by atoms with Crippen LogP contribution in [0.2, 0.25) is 0 Å². The number of benzene rings is 2. The van der Waals surface area contributed by atoms with Crippen molar-refractivity contribution in [2.45, 2.75) is 13.8 Å². The topological polar surface area (TPSA) is 41.1 Å². The van der Waals surface area contributed by atoms with E-state index in [-0.39, 0.29) is 5.91 Å². The SMILES string of the molecule is Cc1ccc(N/C=C2\C(=O)Nc3ccccc32)cc1C. The Balaban J connectivity index is 1.89. The van der Waals surface area contributed by atoms with Crippen molar-refractivity contribution < 1.29 is 4.79 Å². The molecule has 0 saturated heterocycles. The zero-order valence-corrected chi connectivity index (χ0v) is 11.5. The highest BCUT2D eigenvalue weighted by molar-refractivity contribution is 6.31. The molecule has 0 bridgehead atoms. The molecule has 2 N–H and O–H groups in total. The van der Waals surface area contributed by atoms with Crippen molar-refractivity contribution in [2.24, 2.45) is 0 Å². The fourth-order valence-corrected chi connectivity index (χ4v) is 2.27. The predicted molar refractivity (Wildman–Crippen MR) is 82.6 cm³/mol. The molecule has 1 amide bonds. The second-order valence-electron chi connectivity index (χ2n) is 5.00. The van der Waals surface area contributed by atoms with Gasteiger partial charge in [0, 0.05) is 23.1 Å². The normalized spacial score (nSPS) is 15.1. The molecule has 1 aliphatic heterocycles. The van der Waals surface area contributed by atoms with E-state index in [4.69, 9.17) is 0 Å². The Morgan fingerprint density at radius 2 is 1.85 bits per heavy atom. The van der Waals surface area contributed by atoms with Crippen LogP contribution in [0.3, 0.4) is 0 Å². The number of hydrogen-bond donors (Lipinski definition) is 2. The van der Waals surface area contributed by atoms with Crippen LogP contribution in [-0.2, 0) is 4.79 Å². The van der Waals surface area contributed by atoms with Gasteiger partial charge in [-0.1, -0.05) is 24.3 Å². The quantitative estimate of drug-likeness (QED) is 0.812. The Morgan fingerprint density at radius 1 is 1.05 bits per heavy atom. The van der Waals surface area contributed by atoms with Crippen LogP contribution >= 0.6 is 0 Å². The number of anilines is 2. The van der Waals surface area contributed by atoms with Crippen LogP contribution in [0.15, 0.2) is 48.7 Å². The second-order valence-corrected chi connectivity index (χ2v) is 5.00. The Bertz CT molecular complexity index is 717. The summed E-state index contributed by atoms with van der Waals surface area (Å²) in [6.07, 6.45) is 1.77. The molecule has 0 spiro atoms. The van der Waals surface area contributed by atoms with Gasteiger partial charge in [-0.3, -0.25) is 4.79 Å². The van der Waals surface area contributed by atoms with Gasteiger partial charge in [-0.15, -0.1) is 0 Å². The van der Waals surface area contributed by atoms with Gasteiger partial charge in [0.2, 0.25) is 0 Å². The van der Waals surface area contributed by atoms with Gasteiger partial charge in [-0.05, 0) is 43.2 Å². The molecule has 0 aliphatic carbocycles. The fraction of sp³-hybridized carbons (Fsp3) is 0.118. The molecule has 0 fully saturated rings. The number of hydrogen-bond acceptors (Lipinski definition) is 2. The summed E-state index contributed by atoms with van der Waals surface area (Å²) in [5, 5.41) is 6.06.